The standard InChI is InChI=1S/C30H33N5O3/c1-22(36)33-26(21-23-13-5-2-6-14-23)27(37)32-19-11-12-20-35-28(38)30(34-29(35)31,24-15-7-3-8-16-24)25-17-9-4-10-18-25/h2-10,13-18,26H,11-12,19-21H2,1H3,(H2,31,34)(H,32,37)(H,33,36)/t26-/m0/s1. The quantitative estimate of drug-likeness (QED) is 0.343. The minimum absolute atomic E-state index is 0.181. The van der Waals surface area contributed by atoms with E-state index in [1.807, 2.05) is 91.0 Å². The summed E-state index contributed by atoms with van der Waals surface area (Å²) in [6.45, 7) is 2.19. The van der Waals surface area contributed by atoms with Crippen molar-refractivity contribution >= 4 is 23.7 Å². The third-order valence-corrected chi connectivity index (χ3v) is 6.58. The molecule has 3 aromatic carbocycles. The molecule has 0 fully saturated rings. The van der Waals surface area contributed by atoms with E-state index in [1.165, 1.54) is 11.8 Å². The van der Waals surface area contributed by atoms with Gasteiger partial charge >= 0.3 is 0 Å². The highest BCUT2D eigenvalue weighted by atomic mass is 16.2. The third-order valence-electron chi connectivity index (χ3n) is 6.58. The second kappa shape index (κ2) is 12.2. The van der Waals surface area contributed by atoms with Gasteiger partial charge in [-0.05, 0) is 29.5 Å². The molecule has 196 valence electrons. The third kappa shape index (κ3) is 5.91. The molecule has 8 nitrogen and oxygen atoms in total. The van der Waals surface area contributed by atoms with E-state index >= 15 is 0 Å². The number of nitrogens with zero attached hydrogens (tertiary/aromatic N) is 2. The lowest BCUT2D eigenvalue weighted by Crippen LogP contribution is -2.47. The molecule has 0 aromatic heterocycles. The first kappa shape index (κ1) is 26.6. The highest BCUT2D eigenvalue weighted by Crippen LogP contribution is 2.39. The van der Waals surface area contributed by atoms with Gasteiger partial charge in [-0.25, -0.2) is 4.99 Å². The van der Waals surface area contributed by atoms with Crippen molar-refractivity contribution in [2.24, 2.45) is 10.7 Å². The fourth-order valence-corrected chi connectivity index (χ4v) is 4.73. The molecule has 0 saturated heterocycles. The van der Waals surface area contributed by atoms with Gasteiger partial charge in [0.1, 0.15) is 6.04 Å². The highest BCUT2D eigenvalue weighted by molar-refractivity contribution is 6.09. The lowest BCUT2D eigenvalue weighted by molar-refractivity contribution is -0.130. The van der Waals surface area contributed by atoms with Crippen LogP contribution in [-0.4, -0.2) is 47.7 Å². The topological polar surface area (TPSA) is 117 Å². The van der Waals surface area contributed by atoms with E-state index in [1.54, 1.807) is 0 Å². The fourth-order valence-electron chi connectivity index (χ4n) is 4.73. The number of benzene rings is 3. The fraction of sp³-hybridized carbons (Fsp3) is 0.267. The predicted molar refractivity (Wildman–Crippen MR) is 147 cm³/mol. The second-order valence-electron chi connectivity index (χ2n) is 9.31. The number of aliphatic imine (C=N–C) groups is 1. The lowest BCUT2D eigenvalue weighted by atomic mass is 9.83. The van der Waals surface area contributed by atoms with Crippen LogP contribution in [0.4, 0.5) is 0 Å². The van der Waals surface area contributed by atoms with Crippen LogP contribution in [0.15, 0.2) is 96.0 Å². The molecular formula is C30H33N5O3. The predicted octanol–water partition coefficient (Wildman–Crippen LogP) is 2.73. The van der Waals surface area contributed by atoms with Crippen LogP contribution in [0, 0.1) is 0 Å². The summed E-state index contributed by atoms with van der Waals surface area (Å²) in [6.07, 6.45) is 1.65. The molecule has 4 rings (SSSR count). The average molecular weight is 512 g/mol. The van der Waals surface area contributed by atoms with E-state index in [9.17, 15) is 14.4 Å². The normalized spacial score (nSPS) is 15.0. The van der Waals surface area contributed by atoms with Gasteiger partial charge in [-0.1, -0.05) is 91.0 Å². The number of hydrogen-bond acceptors (Lipinski definition) is 5. The molecule has 0 aliphatic carbocycles. The summed E-state index contributed by atoms with van der Waals surface area (Å²) in [4.78, 5) is 44.4. The molecule has 1 heterocycles. The van der Waals surface area contributed by atoms with Crippen LogP contribution >= 0.6 is 0 Å². The van der Waals surface area contributed by atoms with Crippen LogP contribution < -0.4 is 16.4 Å². The Morgan fingerprint density at radius 1 is 0.895 bits per heavy atom. The number of nitrogens with two attached hydrogens (primary N) is 1. The first-order valence-electron chi connectivity index (χ1n) is 12.8. The van der Waals surface area contributed by atoms with Crippen LogP contribution in [0.1, 0.15) is 36.5 Å². The Morgan fingerprint density at radius 2 is 1.45 bits per heavy atom. The number of hydrogen-bond donors (Lipinski definition) is 3. The van der Waals surface area contributed by atoms with Gasteiger partial charge in [-0.3, -0.25) is 19.3 Å². The van der Waals surface area contributed by atoms with Crippen molar-refractivity contribution in [3.8, 4) is 0 Å². The molecule has 1 atom stereocenters. The monoisotopic (exact) mass is 511 g/mol. The van der Waals surface area contributed by atoms with Crippen LogP contribution in [0.3, 0.4) is 0 Å². The van der Waals surface area contributed by atoms with Gasteiger partial charge in [0.15, 0.2) is 11.5 Å². The summed E-state index contributed by atoms with van der Waals surface area (Å²) < 4.78 is 0. The Hall–Kier alpha value is -4.46. The van der Waals surface area contributed by atoms with Crippen molar-refractivity contribution in [2.75, 3.05) is 13.1 Å². The van der Waals surface area contributed by atoms with Crippen LogP contribution in [0.5, 0.6) is 0 Å². The Bertz CT molecular complexity index is 1240. The van der Waals surface area contributed by atoms with Gasteiger partial charge in [-0.15, -0.1) is 0 Å². The second-order valence-corrected chi connectivity index (χ2v) is 9.31. The Morgan fingerprint density at radius 3 is 2.00 bits per heavy atom. The zero-order valence-electron chi connectivity index (χ0n) is 21.5. The molecule has 1 aliphatic rings. The Kier molecular flexibility index (Phi) is 8.53. The van der Waals surface area contributed by atoms with E-state index in [2.05, 4.69) is 10.6 Å². The van der Waals surface area contributed by atoms with E-state index in [0.29, 0.717) is 32.4 Å². The summed E-state index contributed by atoms with van der Waals surface area (Å²) in [5.41, 5.74) is 7.55. The van der Waals surface area contributed by atoms with Gasteiger partial charge in [-0.2, -0.15) is 0 Å². The molecule has 0 bridgehead atoms. The SMILES string of the molecule is CC(=O)N[C@@H](Cc1ccccc1)C(=O)NCCCCN1C(=O)C(c2ccccc2)(c2ccccc2)N=C1N. The van der Waals surface area contributed by atoms with Crippen LogP contribution in [0.25, 0.3) is 0 Å². The van der Waals surface area contributed by atoms with Gasteiger partial charge < -0.3 is 16.4 Å². The number of guanidine groups is 1. The first-order valence-corrected chi connectivity index (χ1v) is 12.8. The molecule has 0 unspecified atom stereocenters. The first-order chi connectivity index (χ1) is 18.4. The molecule has 1 aliphatic heterocycles. The number of amides is 3. The van der Waals surface area contributed by atoms with Crippen LogP contribution in [0.2, 0.25) is 0 Å². The van der Waals surface area contributed by atoms with E-state index in [-0.39, 0.29) is 23.7 Å². The molecule has 0 saturated carbocycles. The number of carbonyl (C=O) groups is 3. The van der Waals surface area contributed by atoms with E-state index in [0.717, 1.165) is 16.7 Å². The van der Waals surface area contributed by atoms with Gasteiger partial charge in [0.25, 0.3) is 5.91 Å². The zero-order valence-corrected chi connectivity index (χ0v) is 21.5. The molecule has 38 heavy (non-hydrogen) atoms. The number of nitrogens with one attached hydrogen (secondary N) is 2. The molecule has 3 aromatic rings. The van der Waals surface area contributed by atoms with E-state index < -0.39 is 11.6 Å². The Labute approximate surface area is 222 Å². The molecule has 4 N–H and O–H groups in total. The molecule has 0 spiro atoms. The molecular weight excluding hydrogens is 478 g/mol. The molecule has 8 heteroatoms. The minimum atomic E-state index is -1.22. The van der Waals surface area contributed by atoms with Gasteiger partial charge in [0.05, 0.1) is 0 Å². The maximum atomic E-state index is 13.8. The minimum Gasteiger partial charge on any atom is -0.369 e. The summed E-state index contributed by atoms with van der Waals surface area (Å²) >= 11 is 0. The average Bonchev–Trinajstić information content (AvgIpc) is 3.19. The van der Waals surface area contributed by atoms with Crippen molar-refractivity contribution in [3.05, 3.63) is 108 Å². The molecule has 3 amide bonds. The van der Waals surface area contributed by atoms with Crippen molar-refractivity contribution in [1.29, 1.82) is 0 Å². The van der Waals surface area contributed by atoms with Gasteiger partial charge in [0.2, 0.25) is 11.8 Å². The number of unbranched alkanes of at least 4 members (excludes halogenated alkanes) is 1. The number of carbonyl (C=O) groups excluding carboxylic acids is 3. The van der Waals surface area contributed by atoms with Crippen molar-refractivity contribution < 1.29 is 14.4 Å². The largest absolute Gasteiger partial charge is 0.369 e. The summed E-state index contributed by atoms with van der Waals surface area (Å²) in [6, 6.07) is 27.8. The van der Waals surface area contributed by atoms with Crippen molar-refractivity contribution in [2.45, 2.75) is 37.8 Å². The van der Waals surface area contributed by atoms with Crippen molar-refractivity contribution in [3.63, 3.8) is 0 Å². The Balaban J connectivity index is 1.35. The highest BCUT2D eigenvalue weighted by Gasteiger charge is 2.50. The maximum Gasteiger partial charge on any atom is 0.266 e. The smallest absolute Gasteiger partial charge is 0.266 e. The summed E-state index contributed by atoms with van der Waals surface area (Å²) in [7, 11) is 0. The van der Waals surface area contributed by atoms with Crippen LogP contribution in [-0.2, 0) is 26.3 Å². The van der Waals surface area contributed by atoms with E-state index in [4.69, 9.17) is 10.7 Å². The summed E-state index contributed by atoms with van der Waals surface area (Å²) in [5, 5.41) is 5.63. The van der Waals surface area contributed by atoms with Gasteiger partial charge in [0, 0.05) is 26.4 Å². The molecule has 0 radical (unpaired) electrons. The number of rotatable bonds is 11. The lowest BCUT2D eigenvalue weighted by Gasteiger charge is -2.27. The zero-order chi connectivity index (χ0) is 27.0. The van der Waals surface area contributed by atoms with Crippen molar-refractivity contribution in [1.82, 2.24) is 15.5 Å². The summed E-state index contributed by atoms with van der Waals surface area (Å²) in [5.74, 6) is -0.511. The maximum absolute atomic E-state index is 13.8.